The Morgan fingerprint density at radius 1 is 1.53 bits per heavy atom. The molecule has 1 unspecified atom stereocenters. The highest BCUT2D eigenvalue weighted by atomic mass is 19.1. The zero-order valence-electron chi connectivity index (χ0n) is 9.09. The number of anilines is 1. The van der Waals surface area contributed by atoms with E-state index in [0.29, 0.717) is 23.6 Å². The van der Waals surface area contributed by atoms with Gasteiger partial charge in [-0.25, -0.2) is 4.39 Å². The molecule has 2 nitrogen and oxygen atoms in total. The molecule has 3 heteroatoms. The van der Waals surface area contributed by atoms with Gasteiger partial charge in [0.05, 0.1) is 0 Å². The first-order valence-electron chi connectivity index (χ1n) is 5.12. The third-order valence-electron chi connectivity index (χ3n) is 2.55. The summed E-state index contributed by atoms with van der Waals surface area (Å²) in [6, 6.07) is 3.90. The first-order chi connectivity index (χ1) is 7.04. The van der Waals surface area contributed by atoms with E-state index in [4.69, 9.17) is 5.73 Å². The van der Waals surface area contributed by atoms with Crippen LogP contribution in [0.2, 0.25) is 0 Å². The summed E-state index contributed by atoms with van der Waals surface area (Å²) in [7, 11) is 0. The topological polar surface area (TPSA) is 43.1 Å². The lowest BCUT2D eigenvalue weighted by Crippen LogP contribution is -2.08. The van der Waals surface area contributed by atoms with Gasteiger partial charge in [-0.15, -0.1) is 0 Å². The number of nitrogens with two attached hydrogens (primary N) is 1. The van der Waals surface area contributed by atoms with E-state index < -0.39 is 5.82 Å². The number of halogens is 1. The smallest absolute Gasteiger partial charge is 0.165 e. The van der Waals surface area contributed by atoms with E-state index in [-0.39, 0.29) is 5.78 Å². The molecule has 0 bridgehead atoms. The standard InChI is InChI=1S/C12H16FNO/c1-3-8(2)6-12(15)10-7-9(13)4-5-11(10)14/h4-5,7-8H,3,6,14H2,1-2H3. The van der Waals surface area contributed by atoms with E-state index in [1.165, 1.54) is 18.2 Å². The fraction of sp³-hybridized carbons (Fsp3) is 0.417. The number of benzene rings is 1. The minimum Gasteiger partial charge on any atom is -0.398 e. The van der Waals surface area contributed by atoms with Gasteiger partial charge in [-0.05, 0) is 24.1 Å². The molecule has 1 rings (SSSR count). The molecule has 0 saturated heterocycles. The van der Waals surface area contributed by atoms with Crippen LogP contribution in [0.15, 0.2) is 18.2 Å². The number of Topliss-reactive ketones (excluding diaryl/α,β-unsaturated/α-hetero) is 1. The van der Waals surface area contributed by atoms with E-state index in [1.807, 2.05) is 13.8 Å². The fourth-order valence-electron chi connectivity index (χ4n) is 1.34. The average molecular weight is 209 g/mol. The number of nitrogen functional groups attached to an aromatic ring is 1. The van der Waals surface area contributed by atoms with Crippen LogP contribution in [0.4, 0.5) is 10.1 Å². The van der Waals surface area contributed by atoms with E-state index in [0.717, 1.165) is 6.42 Å². The maximum atomic E-state index is 12.9. The van der Waals surface area contributed by atoms with E-state index in [1.54, 1.807) is 0 Å². The molecule has 0 saturated carbocycles. The van der Waals surface area contributed by atoms with Crippen molar-refractivity contribution in [3.05, 3.63) is 29.6 Å². The maximum Gasteiger partial charge on any atom is 0.165 e. The maximum absolute atomic E-state index is 12.9. The molecule has 0 spiro atoms. The van der Waals surface area contributed by atoms with Crippen molar-refractivity contribution in [1.82, 2.24) is 0 Å². The van der Waals surface area contributed by atoms with Crippen LogP contribution in [0.1, 0.15) is 37.0 Å². The first kappa shape index (κ1) is 11.7. The number of rotatable bonds is 4. The van der Waals surface area contributed by atoms with Crippen molar-refractivity contribution in [2.75, 3.05) is 5.73 Å². The van der Waals surface area contributed by atoms with E-state index in [2.05, 4.69) is 0 Å². The molecule has 0 aliphatic rings. The molecule has 0 aromatic heterocycles. The number of ketones is 1. The van der Waals surface area contributed by atoms with Crippen LogP contribution >= 0.6 is 0 Å². The molecule has 0 heterocycles. The zero-order chi connectivity index (χ0) is 11.4. The molecule has 0 fully saturated rings. The van der Waals surface area contributed by atoms with Gasteiger partial charge in [0.2, 0.25) is 0 Å². The molecule has 2 N–H and O–H groups in total. The van der Waals surface area contributed by atoms with Crippen molar-refractivity contribution in [3.63, 3.8) is 0 Å². The van der Waals surface area contributed by atoms with Gasteiger partial charge in [-0.2, -0.15) is 0 Å². The Balaban J connectivity index is 2.86. The van der Waals surface area contributed by atoms with Crippen molar-refractivity contribution in [1.29, 1.82) is 0 Å². The van der Waals surface area contributed by atoms with Crippen LogP contribution in [0.3, 0.4) is 0 Å². The largest absolute Gasteiger partial charge is 0.398 e. The highest BCUT2D eigenvalue weighted by Crippen LogP contribution is 2.18. The summed E-state index contributed by atoms with van der Waals surface area (Å²) in [5, 5.41) is 0. The molecule has 0 aliphatic heterocycles. The molecule has 15 heavy (non-hydrogen) atoms. The van der Waals surface area contributed by atoms with Gasteiger partial charge in [0, 0.05) is 17.7 Å². The van der Waals surface area contributed by atoms with Gasteiger partial charge in [0.25, 0.3) is 0 Å². The van der Waals surface area contributed by atoms with Crippen LogP contribution in [0, 0.1) is 11.7 Å². The fourth-order valence-corrected chi connectivity index (χ4v) is 1.34. The van der Waals surface area contributed by atoms with Gasteiger partial charge in [0.15, 0.2) is 5.78 Å². The normalized spacial score (nSPS) is 12.5. The Morgan fingerprint density at radius 2 is 2.20 bits per heavy atom. The van der Waals surface area contributed by atoms with Crippen LogP contribution in [0.5, 0.6) is 0 Å². The van der Waals surface area contributed by atoms with Crippen LogP contribution in [-0.4, -0.2) is 5.78 Å². The molecule has 1 aromatic carbocycles. The molecular formula is C12H16FNO. The summed E-state index contributed by atoms with van der Waals surface area (Å²) in [6.45, 7) is 4.01. The molecule has 0 aliphatic carbocycles. The number of hydrogen-bond acceptors (Lipinski definition) is 2. The monoisotopic (exact) mass is 209 g/mol. The van der Waals surface area contributed by atoms with E-state index >= 15 is 0 Å². The third-order valence-corrected chi connectivity index (χ3v) is 2.55. The lowest BCUT2D eigenvalue weighted by molar-refractivity contribution is 0.0964. The zero-order valence-corrected chi connectivity index (χ0v) is 9.09. The average Bonchev–Trinajstić information content (AvgIpc) is 2.21. The summed E-state index contributed by atoms with van der Waals surface area (Å²) in [5.74, 6) is -0.196. The molecule has 1 aromatic rings. The quantitative estimate of drug-likeness (QED) is 0.611. The lowest BCUT2D eigenvalue weighted by Gasteiger charge is -2.08. The summed E-state index contributed by atoms with van der Waals surface area (Å²) in [5.41, 5.74) is 6.27. The molecular weight excluding hydrogens is 193 g/mol. The highest BCUT2D eigenvalue weighted by Gasteiger charge is 2.13. The van der Waals surface area contributed by atoms with Gasteiger partial charge in [-0.1, -0.05) is 20.3 Å². The summed E-state index contributed by atoms with van der Waals surface area (Å²) in [4.78, 5) is 11.7. The Hall–Kier alpha value is -1.38. The molecule has 1 atom stereocenters. The predicted molar refractivity (Wildman–Crippen MR) is 59.2 cm³/mol. The first-order valence-corrected chi connectivity index (χ1v) is 5.12. The summed E-state index contributed by atoms with van der Waals surface area (Å²) in [6.07, 6.45) is 1.35. The summed E-state index contributed by atoms with van der Waals surface area (Å²) >= 11 is 0. The molecule has 0 amide bonds. The van der Waals surface area contributed by atoms with E-state index in [9.17, 15) is 9.18 Å². The van der Waals surface area contributed by atoms with Gasteiger partial charge >= 0.3 is 0 Å². The second-order valence-corrected chi connectivity index (χ2v) is 3.87. The lowest BCUT2D eigenvalue weighted by atomic mass is 9.97. The second-order valence-electron chi connectivity index (χ2n) is 3.87. The predicted octanol–water partition coefficient (Wildman–Crippen LogP) is 3.03. The van der Waals surface area contributed by atoms with Crippen molar-refractivity contribution >= 4 is 11.5 Å². The number of carbonyl (C=O) groups is 1. The molecule has 0 radical (unpaired) electrons. The van der Waals surface area contributed by atoms with Crippen molar-refractivity contribution < 1.29 is 9.18 Å². The van der Waals surface area contributed by atoms with Gasteiger partial charge in [-0.3, -0.25) is 4.79 Å². The van der Waals surface area contributed by atoms with Crippen molar-refractivity contribution in [3.8, 4) is 0 Å². The van der Waals surface area contributed by atoms with Gasteiger partial charge < -0.3 is 5.73 Å². The van der Waals surface area contributed by atoms with Crippen LogP contribution in [-0.2, 0) is 0 Å². The second kappa shape index (κ2) is 4.91. The Morgan fingerprint density at radius 3 is 2.80 bits per heavy atom. The summed E-state index contributed by atoms with van der Waals surface area (Å²) < 4.78 is 12.9. The van der Waals surface area contributed by atoms with Crippen molar-refractivity contribution in [2.24, 2.45) is 5.92 Å². The Kier molecular flexibility index (Phi) is 3.83. The highest BCUT2D eigenvalue weighted by molar-refractivity contribution is 6.00. The van der Waals surface area contributed by atoms with Crippen LogP contribution in [0.25, 0.3) is 0 Å². The molecule has 82 valence electrons. The Bertz CT molecular complexity index is 363. The Labute approximate surface area is 89.3 Å². The minimum absolute atomic E-state index is 0.0821. The minimum atomic E-state index is -0.420. The third kappa shape index (κ3) is 3.05. The van der Waals surface area contributed by atoms with Gasteiger partial charge in [0.1, 0.15) is 5.82 Å². The van der Waals surface area contributed by atoms with Crippen LogP contribution < -0.4 is 5.73 Å². The van der Waals surface area contributed by atoms with Crippen molar-refractivity contribution in [2.45, 2.75) is 26.7 Å². The number of hydrogen-bond donors (Lipinski definition) is 1. The SMILES string of the molecule is CCC(C)CC(=O)c1cc(F)ccc1N. The number of carbonyl (C=O) groups excluding carboxylic acids is 1.